The van der Waals surface area contributed by atoms with E-state index in [0.717, 1.165) is 5.56 Å². The Bertz CT molecular complexity index is 536. The molecule has 0 amide bonds. The Labute approximate surface area is 101 Å². The normalized spacial score (nSPS) is 23.7. The van der Waals surface area contributed by atoms with Crippen LogP contribution in [0.25, 0.3) is 0 Å². The molecule has 0 fully saturated rings. The van der Waals surface area contributed by atoms with Gasteiger partial charge in [-0.25, -0.2) is 8.42 Å². The van der Waals surface area contributed by atoms with Crippen molar-refractivity contribution in [2.75, 3.05) is 5.75 Å². The van der Waals surface area contributed by atoms with E-state index >= 15 is 0 Å². The summed E-state index contributed by atoms with van der Waals surface area (Å²) in [7, 11) is -3.02. The van der Waals surface area contributed by atoms with Gasteiger partial charge in [-0.05, 0) is 24.6 Å². The van der Waals surface area contributed by atoms with Crippen LogP contribution in [0.1, 0.15) is 18.5 Å². The molecule has 5 heteroatoms. The number of sulfone groups is 1. The van der Waals surface area contributed by atoms with Crippen LogP contribution in [0, 0.1) is 0 Å². The smallest absolute Gasteiger partial charge is 0.173 e. The van der Waals surface area contributed by atoms with Crippen LogP contribution in [0.5, 0.6) is 5.75 Å². The summed E-state index contributed by atoms with van der Waals surface area (Å²) < 4.78 is 22.5. The van der Waals surface area contributed by atoms with E-state index in [1.54, 1.807) is 24.3 Å². The van der Waals surface area contributed by atoms with Gasteiger partial charge >= 0.3 is 0 Å². The first kappa shape index (κ1) is 12.1. The Balaban J connectivity index is 2.03. The minimum Gasteiger partial charge on any atom is -0.508 e. The summed E-state index contributed by atoms with van der Waals surface area (Å²) >= 11 is 0. The highest BCUT2D eigenvalue weighted by Gasteiger charge is 2.22. The first-order valence-electron chi connectivity index (χ1n) is 5.42. The third-order valence-corrected chi connectivity index (χ3v) is 4.16. The molecule has 1 aliphatic heterocycles. The predicted molar refractivity (Wildman–Crippen MR) is 66.4 cm³/mol. The van der Waals surface area contributed by atoms with Crippen molar-refractivity contribution in [1.82, 2.24) is 5.32 Å². The number of aromatic hydroxyl groups is 1. The second-order valence-electron chi connectivity index (χ2n) is 4.25. The molecule has 17 heavy (non-hydrogen) atoms. The molecule has 2 atom stereocenters. The average Bonchev–Trinajstić information content (AvgIpc) is 2.58. The zero-order chi connectivity index (χ0) is 12.5. The van der Waals surface area contributed by atoms with Crippen molar-refractivity contribution in [3.05, 3.63) is 41.3 Å². The molecule has 0 radical (unpaired) electrons. The van der Waals surface area contributed by atoms with Crippen LogP contribution in [-0.2, 0) is 9.84 Å². The summed E-state index contributed by atoms with van der Waals surface area (Å²) in [6, 6.07) is 6.78. The molecule has 2 N–H and O–H groups in total. The van der Waals surface area contributed by atoms with E-state index in [1.807, 2.05) is 13.0 Å². The molecule has 0 spiro atoms. The van der Waals surface area contributed by atoms with Gasteiger partial charge in [0.15, 0.2) is 9.84 Å². The van der Waals surface area contributed by atoms with Crippen LogP contribution in [0.3, 0.4) is 0 Å². The highest BCUT2D eigenvalue weighted by Crippen LogP contribution is 2.19. The van der Waals surface area contributed by atoms with Crippen LogP contribution >= 0.6 is 0 Å². The van der Waals surface area contributed by atoms with Crippen molar-refractivity contribution >= 4 is 9.84 Å². The third-order valence-electron chi connectivity index (χ3n) is 2.76. The number of benzene rings is 1. The highest BCUT2D eigenvalue weighted by atomic mass is 32.2. The topological polar surface area (TPSA) is 66.4 Å². The largest absolute Gasteiger partial charge is 0.508 e. The van der Waals surface area contributed by atoms with E-state index in [4.69, 9.17) is 0 Å². The minimum absolute atomic E-state index is 0.00921. The Kier molecular flexibility index (Phi) is 3.22. The summed E-state index contributed by atoms with van der Waals surface area (Å²) in [5, 5.41) is 13.8. The molecular formula is C12H15NO3S. The monoisotopic (exact) mass is 253 g/mol. The molecule has 0 saturated carbocycles. The molecule has 1 heterocycles. The van der Waals surface area contributed by atoms with Crippen molar-refractivity contribution in [1.29, 1.82) is 0 Å². The van der Waals surface area contributed by atoms with Crippen LogP contribution in [-0.4, -0.2) is 25.3 Å². The van der Waals surface area contributed by atoms with Gasteiger partial charge < -0.3 is 10.4 Å². The quantitative estimate of drug-likeness (QED) is 0.853. The number of rotatable bonds is 3. The molecule has 4 nitrogen and oxygen atoms in total. The predicted octanol–water partition coefficient (Wildman–Crippen LogP) is 1.35. The summed E-state index contributed by atoms with van der Waals surface area (Å²) in [6.45, 7) is 1.94. The van der Waals surface area contributed by atoms with Gasteiger partial charge in [0.05, 0.1) is 5.75 Å². The number of nitrogens with one attached hydrogen (secondary N) is 1. The Morgan fingerprint density at radius 1 is 1.47 bits per heavy atom. The Morgan fingerprint density at radius 3 is 2.82 bits per heavy atom. The first-order valence-corrected chi connectivity index (χ1v) is 7.14. The van der Waals surface area contributed by atoms with Crippen LogP contribution in [0.4, 0.5) is 0 Å². The summed E-state index contributed by atoms with van der Waals surface area (Å²) in [5.41, 5.74) is 0.933. The SMILES string of the molecule is CC(NC1C=CS(=O)(=O)C1)c1cccc(O)c1. The van der Waals surface area contributed by atoms with E-state index in [-0.39, 0.29) is 23.6 Å². The molecule has 1 aromatic rings. The zero-order valence-corrected chi connectivity index (χ0v) is 10.3. The first-order chi connectivity index (χ1) is 7.96. The fraction of sp³-hybridized carbons (Fsp3) is 0.333. The van der Waals surface area contributed by atoms with Gasteiger partial charge in [-0.3, -0.25) is 0 Å². The third kappa shape index (κ3) is 3.08. The lowest BCUT2D eigenvalue weighted by Crippen LogP contribution is -2.32. The van der Waals surface area contributed by atoms with Crippen molar-refractivity contribution in [2.24, 2.45) is 0 Å². The Morgan fingerprint density at radius 2 is 2.24 bits per heavy atom. The molecule has 1 aromatic carbocycles. The van der Waals surface area contributed by atoms with Gasteiger partial charge in [-0.1, -0.05) is 18.2 Å². The number of hydrogen-bond acceptors (Lipinski definition) is 4. The molecule has 92 valence electrons. The van der Waals surface area contributed by atoms with Crippen LogP contribution in [0.15, 0.2) is 35.7 Å². The molecule has 0 bridgehead atoms. The summed E-state index contributed by atoms with van der Waals surface area (Å²) in [6.07, 6.45) is 1.66. The van der Waals surface area contributed by atoms with Gasteiger partial charge in [0.1, 0.15) is 5.75 Å². The lowest BCUT2D eigenvalue weighted by molar-refractivity contribution is 0.471. The van der Waals surface area contributed by atoms with Gasteiger partial charge in [0.25, 0.3) is 0 Å². The maximum absolute atomic E-state index is 11.2. The van der Waals surface area contributed by atoms with Crippen molar-refractivity contribution < 1.29 is 13.5 Å². The molecule has 2 unspecified atom stereocenters. The molecule has 2 rings (SSSR count). The van der Waals surface area contributed by atoms with Crippen LogP contribution in [0.2, 0.25) is 0 Å². The fourth-order valence-corrected chi connectivity index (χ4v) is 3.14. The van der Waals surface area contributed by atoms with E-state index < -0.39 is 9.84 Å². The number of hydrogen-bond donors (Lipinski definition) is 2. The molecule has 0 aromatic heterocycles. The fourth-order valence-electron chi connectivity index (χ4n) is 1.89. The maximum Gasteiger partial charge on any atom is 0.173 e. The highest BCUT2D eigenvalue weighted by molar-refractivity contribution is 7.94. The van der Waals surface area contributed by atoms with Crippen molar-refractivity contribution in [2.45, 2.75) is 19.0 Å². The van der Waals surface area contributed by atoms with E-state index in [2.05, 4.69) is 5.32 Å². The van der Waals surface area contributed by atoms with Crippen molar-refractivity contribution in [3.63, 3.8) is 0 Å². The summed E-state index contributed by atoms with van der Waals surface area (Å²) in [4.78, 5) is 0. The lowest BCUT2D eigenvalue weighted by atomic mass is 10.1. The Hall–Kier alpha value is -1.33. The maximum atomic E-state index is 11.2. The van der Waals surface area contributed by atoms with Gasteiger partial charge in [0.2, 0.25) is 0 Å². The average molecular weight is 253 g/mol. The lowest BCUT2D eigenvalue weighted by Gasteiger charge is -2.18. The van der Waals surface area contributed by atoms with Gasteiger partial charge in [0, 0.05) is 17.5 Å². The summed E-state index contributed by atoms with van der Waals surface area (Å²) in [5.74, 6) is 0.321. The zero-order valence-electron chi connectivity index (χ0n) is 9.50. The van der Waals surface area contributed by atoms with Gasteiger partial charge in [-0.15, -0.1) is 0 Å². The van der Waals surface area contributed by atoms with E-state index in [9.17, 15) is 13.5 Å². The number of phenols is 1. The van der Waals surface area contributed by atoms with Crippen LogP contribution < -0.4 is 5.32 Å². The molecule has 1 aliphatic rings. The molecular weight excluding hydrogens is 238 g/mol. The molecule has 0 aliphatic carbocycles. The standard InChI is InChI=1S/C12H15NO3S/c1-9(10-3-2-4-12(14)7-10)13-11-5-6-17(15,16)8-11/h2-7,9,11,13-14H,8H2,1H3. The number of phenolic OH excluding ortho intramolecular Hbond substituents is 1. The van der Waals surface area contributed by atoms with Crippen molar-refractivity contribution in [3.8, 4) is 5.75 Å². The second-order valence-corrected chi connectivity index (χ2v) is 6.18. The second kappa shape index (κ2) is 4.50. The minimum atomic E-state index is -3.02. The van der Waals surface area contributed by atoms with E-state index in [0.29, 0.717) is 0 Å². The molecule has 0 saturated heterocycles. The van der Waals surface area contributed by atoms with E-state index in [1.165, 1.54) is 5.41 Å². The van der Waals surface area contributed by atoms with Gasteiger partial charge in [-0.2, -0.15) is 0 Å².